The molecule has 90 valence electrons. The van der Waals surface area contributed by atoms with Gasteiger partial charge in [-0.3, -0.25) is 4.90 Å². The maximum atomic E-state index is 8.88. The van der Waals surface area contributed by atoms with Gasteiger partial charge < -0.3 is 15.9 Å². The van der Waals surface area contributed by atoms with E-state index in [-0.39, 0.29) is 13.2 Å². The predicted molar refractivity (Wildman–Crippen MR) is 65.3 cm³/mol. The van der Waals surface area contributed by atoms with Gasteiger partial charge in [0, 0.05) is 30.3 Å². The summed E-state index contributed by atoms with van der Waals surface area (Å²) in [4.78, 5) is 1.92. The number of aliphatic hydroxyl groups is 2. The Labute approximate surface area is 100 Å². The van der Waals surface area contributed by atoms with Gasteiger partial charge in [-0.25, -0.2) is 0 Å². The Bertz CT molecular complexity index is 328. The molecule has 0 saturated heterocycles. The number of aliphatic hydroxyl groups excluding tert-OH is 2. The van der Waals surface area contributed by atoms with E-state index in [1.807, 2.05) is 4.90 Å². The van der Waals surface area contributed by atoms with Gasteiger partial charge in [0.05, 0.1) is 13.2 Å². The minimum absolute atomic E-state index is 0.0560. The van der Waals surface area contributed by atoms with Gasteiger partial charge in [-0.05, 0) is 23.8 Å². The summed E-state index contributed by atoms with van der Waals surface area (Å²) in [5.41, 5.74) is 7.40. The summed E-state index contributed by atoms with van der Waals surface area (Å²) in [6, 6.07) is 5.30. The molecule has 0 atom stereocenters. The second-order valence-electron chi connectivity index (χ2n) is 3.57. The van der Waals surface area contributed by atoms with E-state index in [1.54, 1.807) is 18.2 Å². The van der Waals surface area contributed by atoms with Crippen molar-refractivity contribution in [1.29, 1.82) is 0 Å². The normalized spacial score (nSPS) is 11.0. The lowest BCUT2D eigenvalue weighted by Gasteiger charge is -2.21. The molecule has 0 saturated carbocycles. The first-order valence-electron chi connectivity index (χ1n) is 5.15. The molecule has 0 fully saturated rings. The molecular formula is C11H17ClN2O2. The van der Waals surface area contributed by atoms with Crippen LogP contribution in [0.5, 0.6) is 0 Å². The van der Waals surface area contributed by atoms with Crippen LogP contribution in [0.4, 0.5) is 5.69 Å². The van der Waals surface area contributed by atoms with E-state index in [0.29, 0.717) is 30.3 Å². The third kappa shape index (κ3) is 3.98. The summed E-state index contributed by atoms with van der Waals surface area (Å²) in [6.07, 6.45) is 0. The lowest BCUT2D eigenvalue weighted by atomic mass is 10.1. The van der Waals surface area contributed by atoms with Crippen molar-refractivity contribution in [1.82, 2.24) is 4.90 Å². The Morgan fingerprint density at radius 2 is 1.81 bits per heavy atom. The highest BCUT2D eigenvalue weighted by Crippen LogP contribution is 2.19. The summed E-state index contributed by atoms with van der Waals surface area (Å²) in [5.74, 6) is 0. The number of halogens is 1. The summed E-state index contributed by atoms with van der Waals surface area (Å²) in [6.45, 7) is 1.70. The number of rotatable bonds is 6. The van der Waals surface area contributed by atoms with Gasteiger partial charge in [-0.1, -0.05) is 11.6 Å². The SMILES string of the molecule is Nc1ccc(Cl)cc1CN(CCO)CCO. The highest BCUT2D eigenvalue weighted by Gasteiger charge is 2.07. The largest absolute Gasteiger partial charge is 0.398 e. The standard InChI is InChI=1S/C11H17ClN2O2/c12-10-1-2-11(13)9(7-10)8-14(3-5-15)4-6-16/h1-2,7,15-16H,3-6,8,13H2. The second-order valence-corrected chi connectivity index (χ2v) is 4.00. The van der Waals surface area contributed by atoms with Crippen molar-refractivity contribution < 1.29 is 10.2 Å². The Kier molecular flexibility index (Phi) is 5.55. The second kappa shape index (κ2) is 6.70. The van der Waals surface area contributed by atoms with Crippen molar-refractivity contribution in [2.45, 2.75) is 6.54 Å². The van der Waals surface area contributed by atoms with Gasteiger partial charge in [0.2, 0.25) is 0 Å². The summed E-state index contributed by atoms with van der Waals surface area (Å²) < 4.78 is 0. The first-order chi connectivity index (χ1) is 7.67. The van der Waals surface area contributed by atoms with Crippen molar-refractivity contribution in [3.63, 3.8) is 0 Å². The molecule has 0 bridgehead atoms. The number of nitrogen functional groups attached to an aromatic ring is 1. The van der Waals surface area contributed by atoms with Crippen LogP contribution >= 0.6 is 11.6 Å². The van der Waals surface area contributed by atoms with E-state index in [2.05, 4.69) is 0 Å². The summed E-state index contributed by atoms with van der Waals surface area (Å²) >= 11 is 5.88. The van der Waals surface area contributed by atoms with Crippen LogP contribution in [0.15, 0.2) is 18.2 Å². The molecule has 0 aliphatic carbocycles. The summed E-state index contributed by atoms with van der Waals surface area (Å²) in [7, 11) is 0. The molecule has 0 aliphatic heterocycles. The number of hydrogen-bond acceptors (Lipinski definition) is 4. The van der Waals surface area contributed by atoms with E-state index < -0.39 is 0 Å². The molecule has 0 amide bonds. The van der Waals surface area contributed by atoms with E-state index >= 15 is 0 Å². The molecule has 16 heavy (non-hydrogen) atoms. The van der Waals surface area contributed by atoms with Crippen LogP contribution in [-0.2, 0) is 6.54 Å². The van der Waals surface area contributed by atoms with Crippen molar-refractivity contribution in [3.05, 3.63) is 28.8 Å². The molecule has 0 heterocycles. The molecule has 0 aromatic heterocycles. The Balaban J connectivity index is 2.71. The number of nitrogens with two attached hydrogens (primary N) is 1. The predicted octanol–water partition coefficient (Wildman–Crippen LogP) is 0.709. The van der Waals surface area contributed by atoms with Crippen LogP contribution in [-0.4, -0.2) is 41.4 Å². The molecule has 4 N–H and O–H groups in total. The minimum Gasteiger partial charge on any atom is -0.398 e. The van der Waals surface area contributed by atoms with Crippen LogP contribution in [0.3, 0.4) is 0 Å². The molecule has 0 unspecified atom stereocenters. The zero-order valence-corrected chi connectivity index (χ0v) is 9.82. The molecule has 1 rings (SSSR count). The highest BCUT2D eigenvalue weighted by atomic mass is 35.5. The smallest absolute Gasteiger partial charge is 0.0558 e. The van der Waals surface area contributed by atoms with Gasteiger partial charge >= 0.3 is 0 Å². The van der Waals surface area contributed by atoms with Crippen molar-refractivity contribution in [2.24, 2.45) is 0 Å². The van der Waals surface area contributed by atoms with Crippen LogP contribution in [0.25, 0.3) is 0 Å². The average molecular weight is 245 g/mol. The minimum atomic E-state index is 0.0560. The molecular weight excluding hydrogens is 228 g/mol. The van der Waals surface area contributed by atoms with Gasteiger partial charge in [0.1, 0.15) is 0 Å². The molecule has 0 aliphatic rings. The quantitative estimate of drug-likeness (QED) is 0.645. The lowest BCUT2D eigenvalue weighted by Crippen LogP contribution is -2.29. The van der Waals surface area contributed by atoms with Gasteiger partial charge in [0.25, 0.3) is 0 Å². The number of hydrogen-bond donors (Lipinski definition) is 3. The Hall–Kier alpha value is -0.810. The monoisotopic (exact) mass is 244 g/mol. The van der Waals surface area contributed by atoms with Crippen LogP contribution in [0.2, 0.25) is 5.02 Å². The molecule has 1 aromatic rings. The van der Waals surface area contributed by atoms with Crippen LogP contribution in [0, 0.1) is 0 Å². The topological polar surface area (TPSA) is 69.7 Å². The van der Waals surface area contributed by atoms with Crippen LogP contribution < -0.4 is 5.73 Å². The number of anilines is 1. The van der Waals surface area contributed by atoms with Gasteiger partial charge in [0.15, 0.2) is 0 Å². The molecule has 0 spiro atoms. The van der Waals surface area contributed by atoms with Crippen molar-refractivity contribution in [2.75, 3.05) is 32.0 Å². The van der Waals surface area contributed by atoms with Gasteiger partial charge in [-0.15, -0.1) is 0 Å². The average Bonchev–Trinajstić information content (AvgIpc) is 2.24. The van der Waals surface area contributed by atoms with Crippen molar-refractivity contribution in [3.8, 4) is 0 Å². The van der Waals surface area contributed by atoms with E-state index in [1.165, 1.54) is 0 Å². The van der Waals surface area contributed by atoms with E-state index in [4.69, 9.17) is 27.5 Å². The fraction of sp³-hybridized carbons (Fsp3) is 0.455. The van der Waals surface area contributed by atoms with E-state index in [9.17, 15) is 0 Å². The fourth-order valence-electron chi connectivity index (χ4n) is 1.50. The summed E-state index contributed by atoms with van der Waals surface area (Å²) in [5, 5.41) is 18.4. The number of nitrogens with zero attached hydrogens (tertiary/aromatic N) is 1. The third-order valence-electron chi connectivity index (χ3n) is 2.33. The molecule has 0 radical (unpaired) electrons. The van der Waals surface area contributed by atoms with Crippen LogP contribution in [0.1, 0.15) is 5.56 Å². The van der Waals surface area contributed by atoms with Gasteiger partial charge in [-0.2, -0.15) is 0 Å². The first kappa shape index (κ1) is 13.3. The zero-order chi connectivity index (χ0) is 12.0. The number of benzene rings is 1. The zero-order valence-electron chi connectivity index (χ0n) is 9.06. The maximum Gasteiger partial charge on any atom is 0.0558 e. The van der Waals surface area contributed by atoms with E-state index in [0.717, 1.165) is 5.56 Å². The molecule has 5 heteroatoms. The fourth-order valence-corrected chi connectivity index (χ4v) is 1.70. The lowest BCUT2D eigenvalue weighted by molar-refractivity contribution is 0.156. The van der Waals surface area contributed by atoms with Crippen molar-refractivity contribution >= 4 is 17.3 Å². The third-order valence-corrected chi connectivity index (χ3v) is 2.57. The Morgan fingerprint density at radius 1 is 1.19 bits per heavy atom. The molecule has 1 aromatic carbocycles. The maximum absolute atomic E-state index is 8.88. The first-order valence-corrected chi connectivity index (χ1v) is 5.53. The molecule has 4 nitrogen and oxygen atoms in total. The Morgan fingerprint density at radius 3 is 2.38 bits per heavy atom. The highest BCUT2D eigenvalue weighted by molar-refractivity contribution is 6.30.